The van der Waals surface area contributed by atoms with Gasteiger partial charge in [-0.2, -0.15) is 5.26 Å². The standard InChI is InChI=1S/C10H11N5O3S2/c1-19-10(13-6-11)14-7-2-4-8(5-3-7)20(17,18)15-9(12)16/h2-5H,1H3,(H,13,14)(H3,12,15,16). The van der Waals surface area contributed by atoms with Crippen LogP contribution in [0, 0.1) is 11.5 Å². The summed E-state index contributed by atoms with van der Waals surface area (Å²) in [6.07, 6.45) is 3.47. The van der Waals surface area contributed by atoms with Crippen LogP contribution in [0.25, 0.3) is 0 Å². The highest BCUT2D eigenvalue weighted by molar-refractivity contribution is 8.13. The van der Waals surface area contributed by atoms with Crippen molar-refractivity contribution in [1.29, 1.82) is 5.26 Å². The fourth-order valence-electron chi connectivity index (χ4n) is 1.18. The number of aliphatic imine (C=N–C) groups is 1. The van der Waals surface area contributed by atoms with Gasteiger partial charge in [0.05, 0.1) is 10.6 Å². The number of carbonyl (C=O) groups is 1. The van der Waals surface area contributed by atoms with E-state index in [1.807, 2.05) is 0 Å². The molecule has 0 heterocycles. The number of urea groups is 1. The predicted octanol–water partition coefficient (Wildman–Crippen LogP) is 0.465. The normalized spacial score (nSPS) is 11.5. The van der Waals surface area contributed by atoms with E-state index in [2.05, 4.69) is 10.3 Å². The maximum atomic E-state index is 11.6. The number of amidine groups is 1. The Morgan fingerprint density at radius 3 is 2.45 bits per heavy atom. The Balaban J connectivity index is 3.00. The van der Waals surface area contributed by atoms with Crippen LogP contribution in [-0.2, 0) is 10.0 Å². The third-order valence-corrected chi connectivity index (χ3v) is 3.91. The van der Waals surface area contributed by atoms with Crippen LogP contribution in [0.5, 0.6) is 0 Å². The van der Waals surface area contributed by atoms with Crippen LogP contribution in [0.15, 0.2) is 34.2 Å². The van der Waals surface area contributed by atoms with Crippen molar-refractivity contribution in [2.24, 2.45) is 10.7 Å². The molecule has 20 heavy (non-hydrogen) atoms. The van der Waals surface area contributed by atoms with E-state index in [1.165, 1.54) is 36.0 Å². The van der Waals surface area contributed by atoms with E-state index in [-0.39, 0.29) is 4.90 Å². The number of nitrogens with two attached hydrogens (primary N) is 1. The Hall–Kier alpha value is -2.25. The molecule has 2 amide bonds. The van der Waals surface area contributed by atoms with Crippen LogP contribution < -0.4 is 15.8 Å². The Morgan fingerprint density at radius 2 is 2.00 bits per heavy atom. The van der Waals surface area contributed by atoms with Gasteiger partial charge < -0.3 is 5.73 Å². The molecule has 1 aromatic carbocycles. The van der Waals surface area contributed by atoms with Gasteiger partial charge in [-0.05, 0) is 30.5 Å². The average Bonchev–Trinajstić information content (AvgIpc) is 2.37. The van der Waals surface area contributed by atoms with Gasteiger partial charge in [0, 0.05) is 0 Å². The van der Waals surface area contributed by atoms with Gasteiger partial charge in [0.15, 0.2) is 11.4 Å². The first kappa shape index (κ1) is 15.8. The van der Waals surface area contributed by atoms with Crippen molar-refractivity contribution >= 4 is 38.7 Å². The maximum Gasteiger partial charge on any atom is 0.326 e. The zero-order valence-electron chi connectivity index (χ0n) is 10.3. The van der Waals surface area contributed by atoms with Gasteiger partial charge >= 0.3 is 6.03 Å². The molecule has 0 fully saturated rings. The van der Waals surface area contributed by atoms with Crippen molar-refractivity contribution < 1.29 is 13.2 Å². The fraction of sp³-hybridized carbons (Fsp3) is 0.100. The van der Waals surface area contributed by atoms with E-state index in [4.69, 9.17) is 11.0 Å². The number of nitrogens with one attached hydrogen (secondary N) is 2. The number of nitriles is 1. The Bertz CT molecular complexity index is 661. The lowest BCUT2D eigenvalue weighted by atomic mass is 10.3. The van der Waals surface area contributed by atoms with Gasteiger partial charge in [-0.25, -0.2) is 22.9 Å². The molecule has 0 aliphatic carbocycles. The number of rotatable bonds is 3. The van der Waals surface area contributed by atoms with Gasteiger partial charge in [0.25, 0.3) is 10.0 Å². The highest BCUT2D eigenvalue weighted by Gasteiger charge is 2.15. The molecule has 0 spiro atoms. The smallest absolute Gasteiger partial charge is 0.326 e. The summed E-state index contributed by atoms with van der Waals surface area (Å²) in [7, 11) is -3.97. The summed E-state index contributed by atoms with van der Waals surface area (Å²) >= 11 is 1.23. The zero-order chi connectivity index (χ0) is 15.2. The summed E-state index contributed by atoms with van der Waals surface area (Å²) in [6.45, 7) is 0. The molecule has 106 valence electrons. The van der Waals surface area contributed by atoms with Crippen molar-refractivity contribution in [2.45, 2.75) is 4.90 Å². The molecule has 0 saturated heterocycles. The van der Waals surface area contributed by atoms with Crippen LogP contribution in [-0.4, -0.2) is 25.9 Å². The lowest BCUT2D eigenvalue weighted by molar-refractivity contribution is 0.253. The molecular weight excluding hydrogens is 302 g/mol. The molecule has 10 heteroatoms. The minimum atomic E-state index is -3.97. The summed E-state index contributed by atoms with van der Waals surface area (Å²) in [5, 5.41) is 11.2. The molecule has 4 N–H and O–H groups in total. The minimum Gasteiger partial charge on any atom is -0.351 e. The first-order valence-electron chi connectivity index (χ1n) is 5.09. The fourth-order valence-corrected chi connectivity index (χ4v) is 2.40. The number of nitrogens with zero attached hydrogens (tertiary/aromatic N) is 2. The van der Waals surface area contributed by atoms with E-state index in [9.17, 15) is 13.2 Å². The summed E-state index contributed by atoms with van der Waals surface area (Å²) in [5.74, 6) is 0. The molecule has 0 bridgehead atoms. The molecule has 8 nitrogen and oxygen atoms in total. The monoisotopic (exact) mass is 313 g/mol. The Kier molecular flexibility index (Phi) is 5.36. The predicted molar refractivity (Wildman–Crippen MR) is 75.7 cm³/mol. The van der Waals surface area contributed by atoms with Gasteiger partial charge in [-0.3, -0.25) is 5.32 Å². The summed E-state index contributed by atoms with van der Waals surface area (Å²) < 4.78 is 24.9. The van der Waals surface area contributed by atoms with E-state index in [0.29, 0.717) is 10.9 Å². The summed E-state index contributed by atoms with van der Waals surface area (Å²) in [5.41, 5.74) is 5.22. The topological polar surface area (TPSA) is 137 Å². The number of sulfonamides is 1. The van der Waals surface area contributed by atoms with Crippen LogP contribution in [0.1, 0.15) is 0 Å². The molecule has 0 aliphatic heterocycles. The molecule has 0 atom stereocenters. The highest BCUT2D eigenvalue weighted by atomic mass is 32.2. The van der Waals surface area contributed by atoms with Crippen molar-refractivity contribution in [3.8, 4) is 6.19 Å². The third kappa shape index (κ3) is 4.45. The number of hydrogen-bond donors (Lipinski definition) is 3. The van der Waals surface area contributed by atoms with Crippen LogP contribution >= 0.6 is 11.8 Å². The zero-order valence-corrected chi connectivity index (χ0v) is 12.0. The Morgan fingerprint density at radius 1 is 1.40 bits per heavy atom. The molecule has 1 rings (SSSR count). The average molecular weight is 313 g/mol. The van der Waals surface area contributed by atoms with Gasteiger partial charge in [0.1, 0.15) is 0 Å². The Labute approximate surface area is 120 Å². The van der Waals surface area contributed by atoms with Gasteiger partial charge in [-0.15, -0.1) is 0 Å². The number of benzene rings is 1. The first-order valence-corrected chi connectivity index (χ1v) is 7.80. The van der Waals surface area contributed by atoms with Crippen molar-refractivity contribution in [2.75, 3.05) is 6.26 Å². The number of thioether (sulfide) groups is 1. The molecule has 0 aliphatic rings. The highest BCUT2D eigenvalue weighted by Crippen LogP contribution is 2.17. The van der Waals surface area contributed by atoms with Crippen LogP contribution in [0.4, 0.5) is 10.5 Å². The van der Waals surface area contributed by atoms with Crippen molar-refractivity contribution in [3.05, 3.63) is 24.3 Å². The van der Waals surface area contributed by atoms with Crippen LogP contribution in [0.2, 0.25) is 0 Å². The van der Waals surface area contributed by atoms with E-state index in [1.54, 1.807) is 17.2 Å². The lowest BCUT2D eigenvalue weighted by Crippen LogP contribution is -2.34. The number of carbonyl (C=O) groups excluding carboxylic acids is 1. The summed E-state index contributed by atoms with van der Waals surface area (Å²) in [4.78, 5) is 14.6. The molecule has 0 saturated carbocycles. The van der Waals surface area contributed by atoms with Gasteiger partial charge in [-0.1, -0.05) is 11.8 Å². The third-order valence-electron chi connectivity index (χ3n) is 1.97. The van der Waals surface area contributed by atoms with E-state index < -0.39 is 16.1 Å². The van der Waals surface area contributed by atoms with Gasteiger partial charge in [0.2, 0.25) is 0 Å². The molecule has 1 aromatic rings. The largest absolute Gasteiger partial charge is 0.351 e. The molecule has 0 unspecified atom stereocenters. The second-order valence-corrected chi connectivity index (χ2v) is 5.80. The molecule has 0 radical (unpaired) electrons. The first-order chi connectivity index (χ1) is 9.39. The molecule has 0 aromatic heterocycles. The quantitative estimate of drug-likeness (QED) is 0.321. The maximum absolute atomic E-state index is 11.6. The van der Waals surface area contributed by atoms with E-state index in [0.717, 1.165) is 0 Å². The lowest BCUT2D eigenvalue weighted by Gasteiger charge is -2.04. The van der Waals surface area contributed by atoms with Crippen LogP contribution in [0.3, 0.4) is 0 Å². The van der Waals surface area contributed by atoms with E-state index >= 15 is 0 Å². The van der Waals surface area contributed by atoms with Crippen molar-refractivity contribution in [3.63, 3.8) is 0 Å². The molecular formula is C10H11N5O3S2. The minimum absolute atomic E-state index is 0.116. The number of amides is 2. The van der Waals surface area contributed by atoms with Crippen molar-refractivity contribution in [1.82, 2.24) is 10.0 Å². The SMILES string of the molecule is CSC(=Nc1ccc(S(=O)(=O)NC(N)=O)cc1)NC#N. The number of primary amides is 1. The second-order valence-electron chi connectivity index (χ2n) is 3.32. The number of hydrogen-bond acceptors (Lipinski definition) is 6. The summed E-state index contributed by atoms with van der Waals surface area (Å²) in [6, 6.07) is 4.26. The second kappa shape index (κ2) is 6.78.